The van der Waals surface area contributed by atoms with Crippen LogP contribution in [0.4, 0.5) is 0 Å². The Morgan fingerprint density at radius 1 is 1.10 bits per heavy atom. The van der Waals surface area contributed by atoms with Crippen LogP contribution in [-0.2, 0) is 6.54 Å². The molecule has 3 rings (SSSR count). The minimum Gasteiger partial charge on any atom is -0.487 e. The molecule has 0 bridgehead atoms. The van der Waals surface area contributed by atoms with Gasteiger partial charge >= 0.3 is 0 Å². The third kappa shape index (κ3) is 2.51. The van der Waals surface area contributed by atoms with Crippen LogP contribution in [0.15, 0.2) is 36.4 Å². The summed E-state index contributed by atoms with van der Waals surface area (Å²) in [5.41, 5.74) is 6.94. The number of fused-ring (bicyclic) bond motifs is 1. The van der Waals surface area contributed by atoms with Gasteiger partial charge in [-0.2, -0.15) is 0 Å². The third-order valence-corrected chi connectivity index (χ3v) is 4.15. The van der Waals surface area contributed by atoms with Crippen molar-refractivity contribution in [2.24, 2.45) is 5.73 Å². The quantitative estimate of drug-likeness (QED) is 0.902. The topological polar surface area (TPSA) is 55.5 Å². The summed E-state index contributed by atoms with van der Waals surface area (Å²) in [5, 5.41) is 12.4. The predicted octanol–water partition coefficient (Wildman–Crippen LogP) is 2.98. The molecule has 0 aliphatic heterocycles. The van der Waals surface area contributed by atoms with Gasteiger partial charge in [0.15, 0.2) is 0 Å². The molecule has 3 N–H and O–H groups in total. The predicted molar refractivity (Wildman–Crippen MR) is 80.7 cm³/mol. The standard InChI is InChI=1S/C17H21NO2/c18-11-14-13-6-2-1-5-12(13)9-10-16(14)20-17-8-4-3-7-15(17)19/h1-2,5-6,9-10,15,17,19H,3-4,7-8,11,18H2. The summed E-state index contributed by atoms with van der Waals surface area (Å²) < 4.78 is 6.07. The zero-order chi connectivity index (χ0) is 13.9. The van der Waals surface area contributed by atoms with Crippen LogP contribution in [0.25, 0.3) is 10.8 Å². The molecule has 1 aliphatic carbocycles. The molecule has 0 saturated heterocycles. The maximum atomic E-state index is 10.1. The van der Waals surface area contributed by atoms with Gasteiger partial charge in [0.25, 0.3) is 0 Å². The highest BCUT2D eigenvalue weighted by Crippen LogP contribution is 2.31. The van der Waals surface area contributed by atoms with Crippen molar-refractivity contribution < 1.29 is 9.84 Å². The van der Waals surface area contributed by atoms with Crippen LogP contribution in [-0.4, -0.2) is 17.3 Å². The molecule has 0 radical (unpaired) electrons. The van der Waals surface area contributed by atoms with Crippen LogP contribution >= 0.6 is 0 Å². The smallest absolute Gasteiger partial charge is 0.124 e. The number of hydrogen-bond acceptors (Lipinski definition) is 3. The Kier molecular flexibility index (Phi) is 3.90. The van der Waals surface area contributed by atoms with Crippen LogP contribution in [0.5, 0.6) is 5.75 Å². The fraction of sp³-hybridized carbons (Fsp3) is 0.412. The second kappa shape index (κ2) is 5.81. The van der Waals surface area contributed by atoms with E-state index in [0.29, 0.717) is 6.54 Å². The minimum absolute atomic E-state index is 0.102. The first-order valence-corrected chi connectivity index (χ1v) is 7.35. The van der Waals surface area contributed by atoms with Crippen LogP contribution in [0.2, 0.25) is 0 Å². The Hall–Kier alpha value is -1.58. The van der Waals surface area contributed by atoms with E-state index in [1.807, 2.05) is 18.2 Å². The molecule has 1 saturated carbocycles. The molecular weight excluding hydrogens is 250 g/mol. The second-order valence-corrected chi connectivity index (χ2v) is 5.48. The highest BCUT2D eigenvalue weighted by atomic mass is 16.5. The lowest BCUT2D eigenvalue weighted by Gasteiger charge is -2.29. The molecule has 0 amide bonds. The minimum atomic E-state index is -0.360. The number of rotatable bonds is 3. The molecule has 106 valence electrons. The van der Waals surface area contributed by atoms with Gasteiger partial charge in [-0.25, -0.2) is 0 Å². The largest absolute Gasteiger partial charge is 0.487 e. The van der Waals surface area contributed by atoms with E-state index in [9.17, 15) is 5.11 Å². The molecule has 2 aromatic rings. The summed E-state index contributed by atoms with van der Waals surface area (Å²) in [5.74, 6) is 0.817. The average Bonchev–Trinajstić information content (AvgIpc) is 2.49. The first-order chi connectivity index (χ1) is 9.79. The fourth-order valence-electron chi connectivity index (χ4n) is 3.01. The van der Waals surface area contributed by atoms with Crippen molar-refractivity contribution in [1.82, 2.24) is 0 Å². The van der Waals surface area contributed by atoms with E-state index < -0.39 is 0 Å². The molecule has 0 heterocycles. The van der Waals surface area contributed by atoms with Gasteiger partial charge in [-0.1, -0.05) is 36.8 Å². The SMILES string of the molecule is NCc1c(OC2CCCCC2O)ccc2ccccc12. The molecule has 1 aliphatic rings. The Bertz CT molecular complexity index is 597. The summed E-state index contributed by atoms with van der Waals surface area (Å²) >= 11 is 0. The van der Waals surface area contributed by atoms with E-state index in [1.165, 1.54) is 5.39 Å². The van der Waals surface area contributed by atoms with E-state index in [-0.39, 0.29) is 12.2 Å². The maximum Gasteiger partial charge on any atom is 0.124 e. The lowest BCUT2D eigenvalue weighted by molar-refractivity contribution is 0.00650. The Morgan fingerprint density at radius 2 is 1.90 bits per heavy atom. The first-order valence-electron chi connectivity index (χ1n) is 7.35. The van der Waals surface area contributed by atoms with Crippen molar-refractivity contribution in [2.45, 2.75) is 44.4 Å². The van der Waals surface area contributed by atoms with E-state index in [1.54, 1.807) is 0 Å². The number of aliphatic hydroxyl groups excluding tert-OH is 1. The number of hydrogen-bond donors (Lipinski definition) is 2. The van der Waals surface area contributed by atoms with E-state index in [4.69, 9.17) is 10.5 Å². The Labute approximate surface area is 119 Å². The monoisotopic (exact) mass is 271 g/mol. The lowest BCUT2D eigenvalue weighted by atomic mass is 9.94. The molecule has 2 aromatic carbocycles. The lowest BCUT2D eigenvalue weighted by Crippen LogP contribution is -2.34. The summed E-state index contributed by atoms with van der Waals surface area (Å²) in [6, 6.07) is 12.2. The van der Waals surface area contributed by atoms with Crippen molar-refractivity contribution in [3.05, 3.63) is 42.0 Å². The second-order valence-electron chi connectivity index (χ2n) is 5.48. The summed E-state index contributed by atoms with van der Waals surface area (Å²) in [7, 11) is 0. The average molecular weight is 271 g/mol. The summed E-state index contributed by atoms with van der Waals surface area (Å²) in [6.07, 6.45) is 3.49. The molecule has 1 fully saturated rings. The van der Waals surface area contributed by atoms with Crippen LogP contribution < -0.4 is 10.5 Å². The number of aliphatic hydroxyl groups is 1. The van der Waals surface area contributed by atoms with Gasteiger partial charge in [-0.15, -0.1) is 0 Å². The van der Waals surface area contributed by atoms with Gasteiger partial charge < -0.3 is 15.6 Å². The molecule has 0 spiro atoms. The number of ether oxygens (including phenoxy) is 1. The summed E-state index contributed by atoms with van der Waals surface area (Å²) in [6.45, 7) is 0.444. The Balaban J connectivity index is 1.94. The Morgan fingerprint density at radius 3 is 2.70 bits per heavy atom. The van der Waals surface area contributed by atoms with E-state index in [0.717, 1.165) is 42.4 Å². The van der Waals surface area contributed by atoms with E-state index >= 15 is 0 Å². The number of benzene rings is 2. The number of nitrogens with two attached hydrogens (primary N) is 1. The molecule has 2 unspecified atom stereocenters. The third-order valence-electron chi connectivity index (χ3n) is 4.15. The molecule has 3 heteroatoms. The zero-order valence-corrected chi connectivity index (χ0v) is 11.6. The van der Waals surface area contributed by atoms with Crippen molar-refractivity contribution >= 4 is 10.8 Å². The highest BCUT2D eigenvalue weighted by molar-refractivity contribution is 5.87. The molecular formula is C17H21NO2. The zero-order valence-electron chi connectivity index (χ0n) is 11.6. The van der Waals surface area contributed by atoms with Crippen LogP contribution in [0.1, 0.15) is 31.2 Å². The van der Waals surface area contributed by atoms with E-state index in [2.05, 4.69) is 18.2 Å². The highest BCUT2D eigenvalue weighted by Gasteiger charge is 2.25. The van der Waals surface area contributed by atoms with Crippen LogP contribution in [0, 0.1) is 0 Å². The normalized spacial score (nSPS) is 22.9. The van der Waals surface area contributed by atoms with Gasteiger partial charge in [0.1, 0.15) is 11.9 Å². The molecule has 20 heavy (non-hydrogen) atoms. The molecule has 2 atom stereocenters. The summed E-state index contributed by atoms with van der Waals surface area (Å²) in [4.78, 5) is 0. The van der Waals surface area contributed by atoms with Crippen molar-refractivity contribution in [1.29, 1.82) is 0 Å². The van der Waals surface area contributed by atoms with Gasteiger partial charge in [0.2, 0.25) is 0 Å². The van der Waals surface area contributed by atoms with Gasteiger partial charge in [-0.3, -0.25) is 0 Å². The van der Waals surface area contributed by atoms with Gasteiger partial charge in [0.05, 0.1) is 6.10 Å². The van der Waals surface area contributed by atoms with Gasteiger partial charge in [0, 0.05) is 12.1 Å². The fourth-order valence-corrected chi connectivity index (χ4v) is 3.01. The van der Waals surface area contributed by atoms with Gasteiger partial charge in [-0.05, 0) is 36.1 Å². The van der Waals surface area contributed by atoms with Crippen molar-refractivity contribution in [2.75, 3.05) is 0 Å². The molecule has 3 nitrogen and oxygen atoms in total. The van der Waals surface area contributed by atoms with Crippen molar-refractivity contribution in [3.8, 4) is 5.75 Å². The molecule has 0 aromatic heterocycles. The maximum absolute atomic E-state index is 10.1. The van der Waals surface area contributed by atoms with Crippen LogP contribution in [0.3, 0.4) is 0 Å². The first kappa shape index (κ1) is 13.4. The van der Waals surface area contributed by atoms with Crippen molar-refractivity contribution in [3.63, 3.8) is 0 Å².